The maximum absolute atomic E-state index is 12.4. The van der Waals surface area contributed by atoms with E-state index in [2.05, 4.69) is 51.7 Å². The molecule has 29 heavy (non-hydrogen) atoms. The van der Waals surface area contributed by atoms with Crippen LogP contribution in [0, 0.1) is 0 Å². The number of nitrogens with zero attached hydrogens (tertiary/aromatic N) is 3. The molecule has 6 nitrogen and oxygen atoms in total. The lowest BCUT2D eigenvalue weighted by Gasteiger charge is -2.21. The van der Waals surface area contributed by atoms with Crippen molar-refractivity contribution in [3.8, 4) is 0 Å². The summed E-state index contributed by atoms with van der Waals surface area (Å²) < 4.78 is 0. The minimum Gasteiger partial charge on any atom is -0.372 e. The molecule has 0 atom stereocenters. The topological polar surface area (TPSA) is 70.2 Å². The summed E-state index contributed by atoms with van der Waals surface area (Å²) in [6, 6.07) is 21.5. The summed E-state index contributed by atoms with van der Waals surface area (Å²) in [5.41, 5.74) is 3.42. The van der Waals surface area contributed by atoms with E-state index in [0.29, 0.717) is 5.82 Å². The summed E-state index contributed by atoms with van der Waals surface area (Å²) in [4.78, 5) is 14.7. The second-order valence-electron chi connectivity index (χ2n) is 6.64. The molecule has 0 unspecified atom stereocenters. The monoisotopic (exact) mass is 389 g/mol. The van der Waals surface area contributed by atoms with Crippen LogP contribution in [0.25, 0.3) is 0 Å². The number of amides is 1. The van der Waals surface area contributed by atoms with Crippen molar-refractivity contribution in [1.82, 2.24) is 10.2 Å². The molecule has 6 heteroatoms. The first-order valence-corrected chi connectivity index (χ1v) is 9.97. The van der Waals surface area contributed by atoms with Gasteiger partial charge in [0.05, 0.1) is 0 Å². The van der Waals surface area contributed by atoms with E-state index in [4.69, 9.17) is 0 Å². The van der Waals surface area contributed by atoms with Crippen LogP contribution < -0.4 is 15.5 Å². The van der Waals surface area contributed by atoms with Crippen LogP contribution in [0.15, 0.2) is 66.7 Å². The van der Waals surface area contributed by atoms with Gasteiger partial charge in [-0.25, -0.2) is 0 Å². The first-order valence-electron chi connectivity index (χ1n) is 9.97. The highest BCUT2D eigenvalue weighted by Gasteiger charge is 2.09. The van der Waals surface area contributed by atoms with Gasteiger partial charge in [0.1, 0.15) is 5.82 Å². The fraction of sp³-hybridized carbons (Fsp3) is 0.261. The maximum atomic E-state index is 12.4. The zero-order valence-electron chi connectivity index (χ0n) is 16.9. The molecule has 1 heterocycles. The van der Waals surface area contributed by atoms with Crippen LogP contribution in [0.5, 0.6) is 0 Å². The highest BCUT2D eigenvalue weighted by atomic mass is 16.1. The molecule has 0 spiro atoms. The molecule has 2 aromatic carbocycles. The van der Waals surface area contributed by atoms with Gasteiger partial charge < -0.3 is 15.5 Å². The van der Waals surface area contributed by atoms with Crippen molar-refractivity contribution in [3.63, 3.8) is 0 Å². The maximum Gasteiger partial charge on any atom is 0.276 e. The van der Waals surface area contributed by atoms with Gasteiger partial charge in [0.2, 0.25) is 0 Å². The highest BCUT2D eigenvalue weighted by molar-refractivity contribution is 6.02. The first-order chi connectivity index (χ1) is 14.2. The SMILES string of the molecule is CCN(CC)c1ccc(NC(=O)c2ccc(NCCc3ccccc3)nn2)cc1. The Morgan fingerprint density at radius 2 is 1.62 bits per heavy atom. The number of carbonyl (C=O) groups is 1. The number of rotatable bonds is 9. The number of anilines is 3. The molecular formula is C23H27N5O. The van der Waals surface area contributed by atoms with Crippen LogP contribution in [0.1, 0.15) is 29.9 Å². The van der Waals surface area contributed by atoms with Crippen molar-refractivity contribution >= 4 is 23.1 Å². The van der Waals surface area contributed by atoms with Crippen LogP contribution in [-0.2, 0) is 6.42 Å². The predicted molar refractivity (Wildman–Crippen MR) is 119 cm³/mol. The van der Waals surface area contributed by atoms with E-state index >= 15 is 0 Å². The molecule has 150 valence electrons. The van der Waals surface area contributed by atoms with Crippen molar-refractivity contribution in [2.24, 2.45) is 0 Å². The Hall–Kier alpha value is -3.41. The summed E-state index contributed by atoms with van der Waals surface area (Å²) >= 11 is 0. The van der Waals surface area contributed by atoms with Crippen molar-refractivity contribution in [3.05, 3.63) is 78.0 Å². The van der Waals surface area contributed by atoms with Crippen molar-refractivity contribution in [2.75, 3.05) is 35.2 Å². The van der Waals surface area contributed by atoms with Crippen LogP contribution >= 0.6 is 0 Å². The van der Waals surface area contributed by atoms with E-state index in [0.717, 1.165) is 37.4 Å². The van der Waals surface area contributed by atoms with E-state index in [1.807, 2.05) is 42.5 Å². The third kappa shape index (κ3) is 5.78. The van der Waals surface area contributed by atoms with E-state index < -0.39 is 0 Å². The van der Waals surface area contributed by atoms with Crippen LogP contribution in [0.4, 0.5) is 17.2 Å². The van der Waals surface area contributed by atoms with Crippen molar-refractivity contribution in [1.29, 1.82) is 0 Å². The number of hydrogen-bond acceptors (Lipinski definition) is 5. The van der Waals surface area contributed by atoms with E-state index in [1.54, 1.807) is 12.1 Å². The van der Waals surface area contributed by atoms with Gasteiger partial charge in [-0.05, 0) is 62.2 Å². The smallest absolute Gasteiger partial charge is 0.276 e. The van der Waals surface area contributed by atoms with Gasteiger partial charge in [0.15, 0.2) is 5.69 Å². The third-order valence-electron chi connectivity index (χ3n) is 4.71. The van der Waals surface area contributed by atoms with Crippen molar-refractivity contribution < 1.29 is 4.79 Å². The Kier molecular flexibility index (Phi) is 7.16. The molecule has 1 aromatic heterocycles. The minimum atomic E-state index is -0.274. The van der Waals surface area contributed by atoms with Gasteiger partial charge in [-0.15, -0.1) is 10.2 Å². The molecule has 0 radical (unpaired) electrons. The lowest BCUT2D eigenvalue weighted by atomic mass is 10.1. The molecule has 0 saturated carbocycles. The largest absolute Gasteiger partial charge is 0.372 e. The van der Waals surface area contributed by atoms with Gasteiger partial charge in [0, 0.05) is 31.0 Å². The molecule has 0 fully saturated rings. The lowest BCUT2D eigenvalue weighted by molar-refractivity contribution is 0.102. The molecule has 3 aromatic rings. The molecule has 0 aliphatic carbocycles. The zero-order valence-corrected chi connectivity index (χ0v) is 16.9. The lowest BCUT2D eigenvalue weighted by Crippen LogP contribution is -2.21. The van der Waals surface area contributed by atoms with E-state index in [-0.39, 0.29) is 11.6 Å². The number of aromatic nitrogens is 2. The first kappa shape index (κ1) is 20.3. The third-order valence-corrected chi connectivity index (χ3v) is 4.71. The average Bonchev–Trinajstić information content (AvgIpc) is 2.77. The molecule has 2 N–H and O–H groups in total. The Labute approximate surface area is 172 Å². The van der Waals surface area contributed by atoms with Crippen LogP contribution in [-0.4, -0.2) is 35.7 Å². The zero-order chi connectivity index (χ0) is 20.5. The average molecular weight is 390 g/mol. The Bertz CT molecular complexity index is 891. The van der Waals surface area contributed by atoms with Gasteiger partial charge in [-0.3, -0.25) is 4.79 Å². The predicted octanol–water partition coefficient (Wildman–Crippen LogP) is 4.23. The second-order valence-corrected chi connectivity index (χ2v) is 6.64. The highest BCUT2D eigenvalue weighted by Crippen LogP contribution is 2.18. The van der Waals surface area contributed by atoms with Crippen LogP contribution in [0.2, 0.25) is 0 Å². The summed E-state index contributed by atoms with van der Waals surface area (Å²) in [5.74, 6) is 0.380. The van der Waals surface area contributed by atoms with Gasteiger partial charge in [0.25, 0.3) is 5.91 Å². The molecule has 0 aliphatic rings. The van der Waals surface area contributed by atoms with Crippen molar-refractivity contribution in [2.45, 2.75) is 20.3 Å². The molecule has 0 saturated heterocycles. The minimum absolute atomic E-state index is 0.274. The normalized spacial score (nSPS) is 10.4. The number of hydrogen-bond donors (Lipinski definition) is 2. The fourth-order valence-corrected chi connectivity index (χ4v) is 3.07. The number of nitrogens with one attached hydrogen (secondary N) is 2. The number of carbonyl (C=O) groups excluding carboxylic acids is 1. The molecule has 3 rings (SSSR count). The Morgan fingerprint density at radius 3 is 2.24 bits per heavy atom. The molecule has 0 aliphatic heterocycles. The summed E-state index contributed by atoms with van der Waals surface area (Å²) in [5, 5.41) is 14.2. The van der Waals surface area contributed by atoms with Gasteiger partial charge >= 0.3 is 0 Å². The van der Waals surface area contributed by atoms with Gasteiger partial charge in [-0.2, -0.15) is 0 Å². The Morgan fingerprint density at radius 1 is 0.897 bits per heavy atom. The van der Waals surface area contributed by atoms with E-state index in [1.165, 1.54) is 5.56 Å². The Balaban J connectivity index is 1.52. The summed E-state index contributed by atoms with van der Waals surface area (Å²) in [7, 11) is 0. The standard InChI is InChI=1S/C23H27N5O/c1-3-28(4-2)20-12-10-19(11-13-20)25-23(29)21-14-15-22(27-26-21)24-17-16-18-8-6-5-7-9-18/h5-15H,3-4,16-17H2,1-2H3,(H,24,27)(H,25,29). The van der Waals surface area contributed by atoms with Gasteiger partial charge in [-0.1, -0.05) is 30.3 Å². The molecule has 0 bridgehead atoms. The molecular weight excluding hydrogens is 362 g/mol. The second kappa shape index (κ2) is 10.2. The quantitative estimate of drug-likeness (QED) is 0.573. The fourth-order valence-electron chi connectivity index (χ4n) is 3.07. The number of benzene rings is 2. The molecule has 1 amide bonds. The summed E-state index contributed by atoms with van der Waals surface area (Å²) in [6.45, 7) is 6.90. The summed E-state index contributed by atoms with van der Waals surface area (Å²) in [6.07, 6.45) is 0.897. The van der Waals surface area contributed by atoms with E-state index in [9.17, 15) is 4.79 Å². The van der Waals surface area contributed by atoms with Crippen LogP contribution in [0.3, 0.4) is 0 Å².